The summed E-state index contributed by atoms with van der Waals surface area (Å²) in [5, 5.41) is 3.62. The maximum absolute atomic E-state index is 13.7. The quantitative estimate of drug-likeness (QED) is 0.888. The Hall–Kier alpha value is -0.930. The summed E-state index contributed by atoms with van der Waals surface area (Å²) < 4.78 is 13.7. The monoisotopic (exact) mass is 276 g/mol. The van der Waals surface area contributed by atoms with Crippen LogP contribution in [-0.2, 0) is 6.54 Å². The van der Waals surface area contributed by atoms with Crippen molar-refractivity contribution in [2.24, 2.45) is 0 Å². The molecular weight excluding hydrogens is 251 g/mol. The summed E-state index contributed by atoms with van der Waals surface area (Å²) in [4.78, 5) is 2.55. The zero-order chi connectivity index (χ0) is 13.9. The van der Waals surface area contributed by atoms with Gasteiger partial charge in [0.1, 0.15) is 5.82 Å². The smallest absolute Gasteiger partial charge is 0.126 e. The van der Waals surface area contributed by atoms with E-state index in [9.17, 15) is 4.39 Å². The summed E-state index contributed by atoms with van der Waals surface area (Å²) >= 11 is 0. The highest BCUT2D eigenvalue weighted by Gasteiger charge is 2.30. The van der Waals surface area contributed by atoms with Crippen molar-refractivity contribution in [3.05, 3.63) is 35.1 Å². The van der Waals surface area contributed by atoms with Gasteiger partial charge in [0.05, 0.1) is 0 Å². The summed E-state index contributed by atoms with van der Waals surface area (Å²) in [6.07, 6.45) is 6.55. The zero-order valence-corrected chi connectivity index (χ0v) is 12.4. The van der Waals surface area contributed by atoms with Crippen LogP contribution in [0.2, 0.25) is 0 Å². The lowest BCUT2D eigenvalue weighted by Gasteiger charge is -2.30. The van der Waals surface area contributed by atoms with Gasteiger partial charge in [-0.2, -0.15) is 0 Å². The Kier molecular flexibility index (Phi) is 4.37. The average Bonchev–Trinajstić information content (AvgIpc) is 3.28. The lowest BCUT2D eigenvalue weighted by molar-refractivity contribution is 0.208. The highest BCUT2D eigenvalue weighted by molar-refractivity contribution is 5.23. The molecule has 3 heteroatoms. The van der Waals surface area contributed by atoms with Crippen LogP contribution >= 0.6 is 0 Å². The maximum Gasteiger partial charge on any atom is 0.126 e. The first-order chi connectivity index (χ1) is 9.72. The van der Waals surface area contributed by atoms with E-state index >= 15 is 0 Å². The third-order valence-electron chi connectivity index (χ3n) is 4.55. The van der Waals surface area contributed by atoms with E-state index < -0.39 is 0 Å². The predicted octanol–water partition coefficient (Wildman–Crippen LogP) is 3.24. The van der Waals surface area contributed by atoms with Gasteiger partial charge in [0.15, 0.2) is 0 Å². The van der Waals surface area contributed by atoms with Crippen LogP contribution in [-0.4, -0.2) is 30.1 Å². The molecular formula is C17H25FN2. The van der Waals surface area contributed by atoms with Crippen molar-refractivity contribution >= 4 is 0 Å². The molecule has 1 aliphatic carbocycles. The Morgan fingerprint density at radius 1 is 1.25 bits per heavy atom. The van der Waals surface area contributed by atoms with Gasteiger partial charge in [0, 0.05) is 25.2 Å². The van der Waals surface area contributed by atoms with Crippen molar-refractivity contribution < 1.29 is 4.39 Å². The van der Waals surface area contributed by atoms with Crippen LogP contribution in [0.5, 0.6) is 0 Å². The summed E-state index contributed by atoms with van der Waals surface area (Å²) in [6, 6.07) is 7.03. The number of nitrogens with zero attached hydrogens (tertiary/aromatic N) is 1. The van der Waals surface area contributed by atoms with Crippen molar-refractivity contribution in [1.29, 1.82) is 0 Å². The SMILES string of the molecule is Cc1ccc(CN(CC2CCCCN2)C2CC2)cc1F. The summed E-state index contributed by atoms with van der Waals surface area (Å²) in [5.74, 6) is -0.0750. The molecule has 0 bridgehead atoms. The number of benzene rings is 1. The van der Waals surface area contributed by atoms with Crippen LogP contribution in [0.15, 0.2) is 18.2 Å². The standard InChI is InChI=1S/C17H25FN2/c1-13-5-6-14(10-17(13)18)11-20(16-7-8-16)12-15-4-2-3-9-19-15/h5-6,10,15-16,19H,2-4,7-9,11-12H2,1H3. The third-order valence-corrected chi connectivity index (χ3v) is 4.55. The van der Waals surface area contributed by atoms with E-state index in [2.05, 4.69) is 16.3 Å². The topological polar surface area (TPSA) is 15.3 Å². The van der Waals surface area contributed by atoms with Gasteiger partial charge in [-0.15, -0.1) is 0 Å². The number of halogens is 1. The fraction of sp³-hybridized carbons (Fsp3) is 0.647. The second-order valence-electron chi connectivity index (χ2n) is 6.39. The van der Waals surface area contributed by atoms with Gasteiger partial charge in [-0.1, -0.05) is 18.6 Å². The number of rotatable bonds is 5. The Balaban J connectivity index is 1.62. The van der Waals surface area contributed by atoms with Crippen LogP contribution in [0.1, 0.15) is 43.2 Å². The summed E-state index contributed by atoms with van der Waals surface area (Å²) in [6.45, 7) is 4.98. The van der Waals surface area contributed by atoms with E-state index in [1.807, 2.05) is 13.0 Å². The van der Waals surface area contributed by atoms with Crippen molar-refractivity contribution in [2.75, 3.05) is 13.1 Å². The lowest BCUT2D eigenvalue weighted by Crippen LogP contribution is -2.44. The molecule has 2 aliphatic rings. The maximum atomic E-state index is 13.7. The van der Waals surface area contributed by atoms with Gasteiger partial charge in [-0.25, -0.2) is 4.39 Å². The highest BCUT2D eigenvalue weighted by Crippen LogP contribution is 2.29. The van der Waals surface area contributed by atoms with E-state index in [1.54, 1.807) is 6.07 Å². The highest BCUT2D eigenvalue weighted by atomic mass is 19.1. The molecule has 1 saturated heterocycles. The van der Waals surface area contributed by atoms with Crippen molar-refractivity contribution in [1.82, 2.24) is 10.2 Å². The van der Waals surface area contributed by atoms with Crippen molar-refractivity contribution in [2.45, 2.75) is 57.7 Å². The Bertz CT molecular complexity index is 450. The summed E-state index contributed by atoms with van der Waals surface area (Å²) in [5.41, 5.74) is 1.84. The zero-order valence-electron chi connectivity index (χ0n) is 12.4. The minimum atomic E-state index is -0.0750. The molecule has 1 unspecified atom stereocenters. The molecule has 1 heterocycles. The van der Waals surface area contributed by atoms with E-state index in [4.69, 9.17) is 0 Å². The molecule has 1 aromatic carbocycles. The van der Waals surface area contributed by atoms with Gasteiger partial charge in [0.25, 0.3) is 0 Å². The van der Waals surface area contributed by atoms with Gasteiger partial charge in [-0.3, -0.25) is 4.90 Å². The van der Waals surface area contributed by atoms with E-state index in [0.29, 0.717) is 6.04 Å². The van der Waals surface area contributed by atoms with Crippen LogP contribution in [0.25, 0.3) is 0 Å². The van der Waals surface area contributed by atoms with Crippen LogP contribution in [0, 0.1) is 12.7 Å². The van der Waals surface area contributed by atoms with Crippen molar-refractivity contribution in [3.63, 3.8) is 0 Å². The van der Waals surface area contributed by atoms with E-state index in [0.717, 1.165) is 36.8 Å². The van der Waals surface area contributed by atoms with E-state index in [1.165, 1.54) is 32.1 Å². The Morgan fingerprint density at radius 2 is 2.10 bits per heavy atom. The third kappa shape index (κ3) is 3.58. The molecule has 0 aromatic heterocycles. The molecule has 0 spiro atoms. The normalized spacial score (nSPS) is 23.2. The fourth-order valence-corrected chi connectivity index (χ4v) is 3.11. The predicted molar refractivity (Wildman–Crippen MR) is 80.2 cm³/mol. The van der Waals surface area contributed by atoms with Crippen LogP contribution in [0.4, 0.5) is 4.39 Å². The van der Waals surface area contributed by atoms with Crippen molar-refractivity contribution in [3.8, 4) is 0 Å². The molecule has 2 fully saturated rings. The molecule has 110 valence electrons. The number of aryl methyl sites for hydroxylation is 1. The first-order valence-corrected chi connectivity index (χ1v) is 7.95. The van der Waals surface area contributed by atoms with Crippen LogP contribution < -0.4 is 5.32 Å². The molecule has 1 aliphatic heterocycles. The molecule has 1 saturated carbocycles. The van der Waals surface area contributed by atoms with Crippen LogP contribution in [0.3, 0.4) is 0 Å². The molecule has 1 atom stereocenters. The molecule has 1 N–H and O–H groups in total. The minimum Gasteiger partial charge on any atom is -0.313 e. The molecule has 1 aromatic rings. The van der Waals surface area contributed by atoms with Gasteiger partial charge in [-0.05, 0) is 56.3 Å². The number of piperidine rings is 1. The van der Waals surface area contributed by atoms with Gasteiger partial charge >= 0.3 is 0 Å². The molecule has 0 radical (unpaired) electrons. The number of nitrogens with one attached hydrogen (secondary N) is 1. The summed E-state index contributed by atoms with van der Waals surface area (Å²) in [7, 11) is 0. The van der Waals surface area contributed by atoms with Gasteiger partial charge in [0.2, 0.25) is 0 Å². The Morgan fingerprint density at radius 3 is 2.75 bits per heavy atom. The molecule has 0 amide bonds. The van der Waals surface area contributed by atoms with E-state index in [-0.39, 0.29) is 5.82 Å². The second-order valence-corrected chi connectivity index (χ2v) is 6.39. The Labute approximate surface area is 121 Å². The average molecular weight is 276 g/mol. The lowest BCUT2D eigenvalue weighted by atomic mass is 10.0. The minimum absolute atomic E-state index is 0.0750. The first-order valence-electron chi connectivity index (χ1n) is 7.95. The molecule has 2 nitrogen and oxygen atoms in total. The first kappa shape index (κ1) is 14.0. The second kappa shape index (κ2) is 6.23. The molecule has 3 rings (SSSR count). The van der Waals surface area contributed by atoms with Gasteiger partial charge < -0.3 is 5.32 Å². The fourth-order valence-electron chi connectivity index (χ4n) is 3.11. The number of hydrogen-bond donors (Lipinski definition) is 1. The largest absolute Gasteiger partial charge is 0.313 e. The number of hydrogen-bond acceptors (Lipinski definition) is 2. The molecule has 20 heavy (non-hydrogen) atoms.